The molecule has 7 heteroatoms. The van der Waals surface area contributed by atoms with Crippen molar-refractivity contribution >= 4 is 19.0 Å². The number of carbonyl (C=O) groups excluding carboxylic acids is 2. The Bertz CT molecular complexity index is 605. The van der Waals surface area contributed by atoms with E-state index in [2.05, 4.69) is 19.2 Å². The molecule has 0 fully saturated rings. The lowest BCUT2D eigenvalue weighted by atomic mass is 9.72. The number of amides is 1. The van der Waals surface area contributed by atoms with Gasteiger partial charge in [-0.05, 0) is 30.4 Å². The van der Waals surface area contributed by atoms with Crippen molar-refractivity contribution in [2.24, 2.45) is 5.92 Å². The van der Waals surface area contributed by atoms with E-state index in [1.807, 2.05) is 6.07 Å². The second-order valence-corrected chi connectivity index (χ2v) is 6.35. The molecule has 0 aliphatic carbocycles. The van der Waals surface area contributed by atoms with Crippen molar-refractivity contribution < 1.29 is 24.0 Å². The molecule has 6 nitrogen and oxygen atoms in total. The Morgan fingerprint density at radius 3 is 2.88 bits per heavy atom. The molecule has 1 atom stereocenters. The molecule has 1 aromatic rings. The van der Waals surface area contributed by atoms with E-state index < -0.39 is 19.0 Å². The van der Waals surface area contributed by atoms with Gasteiger partial charge in [0.1, 0.15) is 11.3 Å². The largest absolute Gasteiger partial charge is 0.547 e. The smallest absolute Gasteiger partial charge is 0.534 e. The SMILES string of the molecule is CCC(=O)NC1Cc2cccc(C(=O)OCCC(C)C)c2OB1O. The van der Waals surface area contributed by atoms with Crippen LogP contribution in [0, 0.1) is 5.92 Å². The zero-order valence-corrected chi connectivity index (χ0v) is 14.4. The van der Waals surface area contributed by atoms with Crippen molar-refractivity contribution in [1.29, 1.82) is 0 Å². The molecule has 24 heavy (non-hydrogen) atoms. The molecule has 130 valence electrons. The number of benzene rings is 1. The van der Waals surface area contributed by atoms with E-state index in [0.717, 1.165) is 12.0 Å². The Hall–Kier alpha value is -2.02. The Morgan fingerprint density at radius 2 is 2.21 bits per heavy atom. The first-order valence-electron chi connectivity index (χ1n) is 8.35. The van der Waals surface area contributed by atoms with E-state index >= 15 is 0 Å². The fourth-order valence-electron chi connectivity index (χ4n) is 2.48. The summed E-state index contributed by atoms with van der Waals surface area (Å²) in [5.41, 5.74) is 1.07. The van der Waals surface area contributed by atoms with Crippen molar-refractivity contribution in [3.05, 3.63) is 29.3 Å². The number of esters is 1. The third kappa shape index (κ3) is 4.51. The molecule has 0 aromatic heterocycles. The van der Waals surface area contributed by atoms with Gasteiger partial charge in [-0.25, -0.2) is 4.79 Å². The maximum atomic E-state index is 12.3. The van der Waals surface area contributed by atoms with Gasteiger partial charge >= 0.3 is 13.1 Å². The van der Waals surface area contributed by atoms with Crippen LogP contribution in [-0.2, 0) is 16.0 Å². The summed E-state index contributed by atoms with van der Waals surface area (Å²) in [6.45, 7) is 6.20. The third-order valence-electron chi connectivity index (χ3n) is 3.93. The van der Waals surface area contributed by atoms with Gasteiger partial charge in [0.05, 0.1) is 12.5 Å². The fraction of sp³-hybridized carbons (Fsp3) is 0.529. The first-order chi connectivity index (χ1) is 11.4. The zero-order chi connectivity index (χ0) is 17.7. The topological polar surface area (TPSA) is 84.9 Å². The lowest BCUT2D eigenvalue weighted by Crippen LogP contribution is -2.53. The maximum Gasteiger partial charge on any atom is 0.547 e. The summed E-state index contributed by atoms with van der Waals surface area (Å²) in [7, 11) is -1.20. The summed E-state index contributed by atoms with van der Waals surface area (Å²) < 4.78 is 10.8. The molecule has 0 bridgehead atoms. The van der Waals surface area contributed by atoms with E-state index in [1.165, 1.54) is 0 Å². The second kappa shape index (κ2) is 8.19. The number of nitrogens with one attached hydrogen (secondary N) is 1. The molecule has 0 saturated carbocycles. The highest BCUT2D eigenvalue weighted by atomic mass is 16.5. The molecule has 1 amide bonds. The molecule has 0 spiro atoms. The van der Waals surface area contributed by atoms with Gasteiger partial charge < -0.3 is 19.7 Å². The Morgan fingerprint density at radius 1 is 1.46 bits per heavy atom. The summed E-state index contributed by atoms with van der Waals surface area (Å²) in [5.74, 6) is -0.367. The minimum Gasteiger partial charge on any atom is -0.534 e. The highest BCUT2D eigenvalue weighted by molar-refractivity contribution is 6.47. The van der Waals surface area contributed by atoms with E-state index in [0.29, 0.717) is 36.7 Å². The van der Waals surface area contributed by atoms with Crippen LogP contribution >= 0.6 is 0 Å². The summed E-state index contributed by atoms with van der Waals surface area (Å²) in [5, 5.41) is 12.9. The molecule has 2 N–H and O–H groups in total. The Kier molecular flexibility index (Phi) is 6.26. The zero-order valence-electron chi connectivity index (χ0n) is 14.4. The molecule has 1 aliphatic rings. The van der Waals surface area contributed by atoms with Crippen molar-refractivity contribution in [3.8, 4) is 5.75 Å². The molecule has 0 saturated heterocycles. The van der Waals surface area contributed by atoms with Gasteiger partial charge in [-0.1, -0.05) is 32.9 Å². The van der Waals surface area contributed by atoms with E-state index in [1.54, 1.807) is 19.1 Å². The van der Waals surface area contributed by atoms with Crippen LogP contribution in [0.5, 0.6) is 5.75 Å². The summed E-state index contributed by atoms with van der Waals surface area (Å²) in [4.78, 5) is 23.8. The van der Waals surface area contributed by atoms with Gasteiger partial charge in [0.15, 0.2) is 0 Å². The number of carbonyl (C=O) groups is 2. The predicted molar refractivity (Wildman–Crippen MR) is 90.7 cm³/mol. The number of fused-ring (bicyclic) bond motifs is 1. The van der Waals surface area contributed by atoms with Gasteiger partial charge in [-0.15, -0.1) is 0 Å². The molecule has 2 rings (SSSR count). The van der Waals surface area contributed by atoms with E-state index in [4.69, 9.17) is 9.39 Å². The van der Waals surface area contributed by atoms with Crippen LogP contribution in [0.1, 0.15) is 49.5 Å². The number of para-hydroxylation sites is 1. The number of hydrogen-bond donors (Lipinski definition) is 2. The Labute approximate surface area is 142 Å². The maximum absolute atomic E-state index is 12.3. The van der Waals surface area contributed by atoms with E-state index in [9.17, 15) is 14.6 Å². The summed E-state index contributed by atoms with van der Waals surface area (Å²) in [6, 6.07) is 5.18. The van der Waals surface area contributed by atoms with Gasteiger partial charge in [-0.3, -0.25) is 4.79 Å². The number of ether oxygens (including phenoxy) is 1. The van der Waals surface area contributed by atoms with Crippen LogP contribution in [0.2, 0.25) is 0 Å². The van der Waals surface area contributed by atoms with Crippen molar-refractivity contribution in [3.63, 3.8) is 0 Å². The third-order valence-corrected chi connectivity index (χ3v) is 3.93. The molecule has 1 aliphatic heterocycles. The first kappa shape index (κ1) is 18.3. The summed E-state index contributed by atoms with van der Waals surface area (Å²) in [6.07, 6.45) is 1.52. The van der Waals surface area contributed by atoms with Crippen LogP contribution in [-0.4, -0.2) is 36.6 Å². The normalized spacial score (nSPS) is 16.4. The standard InChI is InChI=1S/C17H24BNO5/c1-4-15(20)19-14-10-12-6-5-7-13(16(12)24-18(14)22)17(21)23-9-8-11(2)3/h5-7,11,14,22H,4,8-10H2,1-3H3,(H,19,20). The highest BCUT2D eigenvalue weighted by Crippen LogP contribution is 2.30. The van der Waals surface area contributed by atoms with Crippen molar-refractivity contribution in [2.75, 3.05) is 6.61 Å². The predicted octanol–water partition coefficient (Wildman–Crippen LogP) is 1.74. The number of hydrogen-bond acceptors (Lipinski definition) is 5. The average molecular weight is 333 g/mol. The average Bonchev–Trinajstić information content (AvgIpc) is 2.54. The van der Waals surface area contributed by atoms with Gasteiger partial charge in [0.2, 0.25) is 5.91 Å². The molecule has 0 radical (unpaired) electrons. The first-order valence-corrected chi connectivity index (χ1v) is 8.35. The quantitative estimate of drug-likeness (QED) is 0.612. The van der Waals surface area contributed by atoms with Crippen LogP contribution in [0.3, 0.4) is 0 Å². The second-order valence-electron chi connectivity index (χ2n) is 6.35. The molecule has 1 heterocycles. The molecule has 1 aromatic carbocycles. The molecular formula is C17H24BNO5. The van der Waals surface area contributed by atoms with Crippen LogP contribution in [0.15, 0.2) is 18.2 Å². The highest BCUT2D eigenvalue weighted by Gasteiger charge is 2.37. The molecular weight excluding hydrogens is 309 g/mol. The van der Waals surface area contributed by atoms with Crippen LogP contribution in [0.4, 0.5) is 0 Å². The van der Waals surface area contributed by atoms with Gasteiger partial charge in [-0.2, -0.15) is 0 Å². The van der Waals surface area contributed by atoms with Crippen LogP contribution in [0.25, 0.3) is 0 Å². The number of rotatable bonds is 6. The van der Waals surface area contributed by atoms with E-state index in [-0.39, 0.29) is 5.91 Å². The van der Waals surface area contributed by atoms with Crippen LogP contribution < -0.4 is 9.97 Å². The van der Waals surface area contributed by atoms with Crippen molar-refractivity contribution in [1.82, 2.24) is 5.32 Å². The van der Waals surface area contributed by atoms with Gasteiger partial charge in [0, 0.05) is 6.42 Å². The minimum atomic E-state index is -1.20. The molecule has 1 unspecified atom stereocenters. The lowest BCUT2D eigenvalue weighted by Gasteiger charge is -2.29. The van der Waals surface area contributed by atoms with Crippen molar-refractivity contribution in [2.45, 2.75) is 46.0 Å². The summed E-state index contributed by atoms with van der Waals surface area (Å²) >= 11 is 0. The monoisotopic (exact) mass is 333 g/mol. The lowest BCUT2D eigenvalue weighted by molar-refractivity contribution is -0.121. The van der Waals surface area contributed by atoms with Gasteiger partial charge in [0.25, 0.3) is 0 Å². The fourth-order valence-corrected chi connectivity index (χ4v) is 2.48. The Balaban J connectivity index is 2.11. The minimum absolute atomic E-state index is 0.157.